The van der Waals surface area contributed by atoms with E-state index in [4.69, 9.17) is 14.5 Å². The van der Waals surface area contributed by atoms with Gasteiger partial charge in [-0.15, -0.1) is 0 Å². The van der Waals surface area contributed by atoms with Gasteiger partial charge < -0.3 is 9.47 Å². The first-order chi connectivity index (χ1) is 10.6. The molecule has 2 saturated heterocycles. The van der Waals surface area contributed by atoms with Gasteiger partial charge in [0.25, 0.3) is 0 Å². The Morgan fingerprint density at radius 2 is 1.82 bits per heavy atom. The topological polar surface area (TPSA) is 54.0 Å². The molecule has 0 amide bonds. The van der Waals surface area contributed by atoms with Crippen molar-refractivity contribution < 1.29 is 24.0 Å². The van der Waals surface area contributed by atoms with Gasteiger partial charge in [-0.2, -0.15) is 0 Å². The first kappa shape index (κ1) is 16.0. The van der Waals surface area contributed by atoms with Crippen LogP contribution in [0, 0.1) is 11.8 Å². The van der Waals surface area contributed by atoms with Crippen LogP contribution in [0.15, 0.2) is 12.2 Å². The average Bonchev–Trinajstić information content (AvgIpc) is 2.52. The van der Waals surface area contributed by atoms with Gasteiger partial charge in [0.15, 0.2) is 0 Å². The zero-order chi connectivity index (χ0) is 15.6. The van der Waals surface area contributed by atoms with Crippen LogP contribution < -0.4 is 0 Å². The van der Waals surface area contributed by atoms with Crippen molar-refractivity contribution in [1.82, 2.24) is 0 Å². The van der Waals surface area contributed by atoms with Crippen LogP contribution in [-0.4, -0.2) is 37.5 Å². The number of carbonyl (C=O) groups is 1. The SMILES string of the molecule is COC(=O)/C=C/C1(C)CCOC2CC3CC(C2)CC(C3)OO1. The summed E-state index contributed by atoms with van der Waals surface area (Å²) in [6, 6.07) is 0. The molecule has 0 spiro atoms. The summed E-state index contributed by atoms with van der Waals surface area (Å²) in [5.41, 5.74) is -0.671. The van der Waals surface area contributed by atoms with Crippen LogP contribution in [0.25, 0.3) is 0 Å². The standard InChI is InChI=1S/C17H26O5/c1-17(4-3-16(18)19-2)5-6-20-14-8-12-7-13(9-14)11-15(10-12)21-22-17/h3-4,12-15H,5-11H2,1-2H3/b4-3+. The zero-order valence-electron chi connectivity index (χ0n) is 13.5. The molecule has 2 heterocycles. The van der Waals surface area contributed by atoms with Crippen LogP contribution in [0.1, 0.15) is 45.4 Å². The molecule has 4 bridgehead atoms. The molecule has 5 heteroatoms. The van der Waals surface area contributed by atoms with E-state index in [1.54, 1.807) is 6.08 Å². The highest BCUT2D eigenvalue weighted by Gasteiger charge is 2.39. The van der Waals surface area contributed by atoms with Crippen LogP contribution in [0.3, 0.4) is 0 Å². The van der Waals surface area contributed by atoms with Gasteiger partial charge in [-0.25, -0.2) is 14.6 Å². The van der Waals surface area contributed by atoms with E-state index in [0.29, 0.717) is 31.0 Å². The molecule has 22 heavy (non-hydrogen) atoms. The minimum absolute atomic E-state index is 0.161. The van der Waals surface area contributed by atoms with E-state index in [9.17, 15) is 4.79 Å². The van der Waals surface area contributed by atoms with Crippen LogP contribution in [0.4, 0.5) is 0 Å². The second-order valence-electron chi connectivity index (χ2n) is 7.12. The van der Waals surface area contributed by atoms with Gasteiger partial charge in [-0.05, 0) is 56.9 Å². The molecular formula is C17H26O5. The number of hydrogen-bond acceptors (Lipinski definition) is 5. The fraction of sp³-hybridized carbons (Fsp3) is 0.824. The molecule has 4 fully saturated rings. The number of carbonyl (C=O) groups excluding carboxylic acids is 1. The van der Waals surface area contributed by atoms with Crippen molar-refractivity contribution in [2.75, 3.05) is 13.7 Å². The molecule has 0 aromatic rings. The first-order valence-electron chi connectivity index (χ1n) is 8.29. The van der Waals surface area contributed by atoms with Crippen LogP contribution in [0.5, 0.6) is 0 Å². The zero-order valence-corrected chi connectivity index (χ0v) is 13.5. The molecule has 2 aliphatic carbocycles. The lowest BCUT2D eigenvalue weighted by molar-refractivity contribution is -0.376. The van der Waals surface area contributed by atoms with E-state index in [1.165, 1.54) is 19.6 Å². The van der Waals surface area contributed by atoms with Gasteiger partial charge in [-0.1, -0.05) is 0 Å². The van der Waals surface area contributed by atoms with E-state index in [2.05, 4.69) is 4.74 Å². The molecular weight excluding hydrogens is 284 g/mol. The summed E-state index contributed by atoms with van der Waals surface area (Å²) in [5.74, 6) is 1.00. The van der Waals surface area contributed by atoms with Gasteiger partial charge in [-0.3, -0.25) is 0 Å². The molecule has 4 rings (SSSR count). The maximum atomic E-state index is 11.3. The van der Waals surface area contributed by atoms with Crippen LogP contribution in [0.2, 0.25) is 0 Å². The van der Waals surface area contributed by atoms with Gasteiger partial charge in [0.05, 0.1) is 25.9 Å². The number of esters is 1. The van der Waals surface area contributed by atoms with Crippen molar-refractivity contribution in [3.8, 4) is 0 Å². The van der Waals surface area contributed by atoms with Crippen molar-refractivity contribution in [2.24, 2.45) is 11.8 Å². The van der Waals surface area contributed by atoms with E-state index in [1.807, 2.05) is 6.92 Å². The molecule has 2 saturated carbocycles. The van der Waals surface area contributed by atoms with Gasteiger partial charge in [0, 0.05) is 12.5 Å². The molecule has 3 atom stereocenters. The summed E-state index contributed by atoms with van der Waals surface area (Å²) in [5, 5.41) is 0. The maximum Gasteiger partial charge on any atom is 0.330 e. The van der Waals surface area contributed by atoms with E-state index >= 15 is 0 Å². The Kier molecular flexibility index (Phi) is 4.85. The molecule has 3 unspecified atom stereocenters. The number of hydrogen-bond donors (Lipinski definition) is 0. The van der Waals surface area contributed by atoms with Crippen LogP contribution in [-0.2, 0) is 24.0 Å². The van der Waals surface area contributed by atoms with Crippen LogP contribution >= 0.6 is 0 Å². The molecule has 0 aromatic heterocycles. The minimum Gasteiger partial charge on any atom is -0.466 e. The summed E-state index contributed by atoms with van der Waals surface area (Å²) in [7, 11) is 1.36. The lowest BCUT2D eigenvalue weighted by Crippen LogP contribution is -2.37. The minimum atomic E-state index is -0.671. The smallest absolute Gasteiger partial charge is 0.330 e. The average molecular weight is 310 g/mol. The highest BCUT2D eigenvalue weighted by Crippen LogP contribution is 2.43. The van der Waals surface area contributed by atoms with Gasteiger partial charge >= 0.3 is 5.97 Å². The summed E-state index contributed by atoms with van der Waals surface area (Å²) in [6.45, 7) is 2.53. The third-order valence-corrected chi connectivity index (χ3v) is 5.15. The predicted molar refractivity (Wildman–Crippen MR) is 79.9 cm³/mol. The van der Waals surface area contributed by atoms with E-state index in [-0.39, 0.29) is 12.1 Å². The number of rotatable bonds is 2. The maximum absolute atomic E-state index is 11.3. The Balaban J connectivity index is 1.70. The summed E-state index contributed by atoms with van der Waals surface area (Å²) in [6.07, 6.45) is 9.98. The Hall–Kier alpha value is -0.910. The van der Waals surface area contributed by atoms with E-state index < -0.39 is 5.60 Å². The highest BCUT2D eigenvalue weighted by molar-refractivity contribution is 5.81. The van der Waals surface area contributed by atoms with Crippen molar-refractivity contribution in [2.45, 2.75) is 63.3 Å². The van der Waals surface area contributed by atoms with Crippen molar-refractivity contribution >= 4 is 5.97 Å². The molecule has 124 valence electrons. The monoisotopic (exact) mass is 310 g/mol. The second kappa shape index (κ2) is 6.69. The van der Waals surface area contributed by atoms with Gasteiger partial charge in [0.1, 0.15) is 5.60 Å². The number of fused-ring (bicyclic) bond motifs is 5. The van der Waals surface area contributed by atoms with Crippen molar-refractivity contribution in [3.63, 3.8) is 0 Å². The quantitative estimate of drug-likeness (QED) is 0.446. The Bertz CT molecular complexity index is 421. The molecule has 0 N–H and O–H groups in total. The van der Waals surface area contributed by atoms with Crippen molar-refractivity contribution in [3.05, 3.63) is 12.2 Å². The van der Waals surface area contributed by atoms with Gasteiger partial charge in [0.2, 0.25) is 0 Å². The molecule has 0 aromatic carbocycles. The third kappa shape index (κ3) is 3.89. The number of methoxy groups -OCH3 is 1. The Labute approximate surface area is 131 Å². The Morgan fingerprint density at radius 1 is 1.14 bits per heavy atom. The lowest BCUT2D eigenvalue weighted by atomic mass is 9.70. The lowest BCUT2D eigenvalue weighted by Gasteiger charge is -2.41. The molecule has 4 aliphatic rings. The molecule has 5 nitrogen and oxygen atoms in total. The fourth-order valence-corrected chi connectivity index (χ4v) is 4.01. The molecule has 0 radical (unpaired) electrons. The normalized spacial score (nSPS) is 42.3. The second-order valence-corrected chi connectivity index (χ2v) is 7.12. The largest absolute Gasteiger partial charge is 0.466 e. The Morgan fingerprint density at radius 3 is 2.50 bits per heavy atom. The molecule has 2 aliphatic heterocycles. The number of ether oxygens (including phenoxy) is 2. The van der Waals surface area contributed by atoms with Crippen molar-refractivity contribution in [1.29, 1.82) is 0 Å². The fourth-order valence-electron chi connectivity index (χ4n) is 4.01. The third-order valence-electron chi connectivity index (χ3n) is 5.15. The highest BCUT2D eigenvalue weighted by atomic mass is 17.2. The summed E-state index contributed by atoms with van der Waals surface area (Å²) < 4.78 is 10.7. The summed E-state index contributed by atoms with van der Waals surface area (Å²) >= 11 is 0. The first-order valence-corrected chi connectivity index (χ1v) is 8.29. The summed E-state index contributed by atoms with van der Waals surface area (Å²) in [4.78, 5) is 22.8. The van der Waals surface area contributed by atoms with E-state index in [0.717, 1.165) is 25.7 Å². The predicted octanol–water partition coefficient (Wildman–Crippen LogP) is 2.79.